The monoisotopic (exact) mass is 746 g/mol. The summed E-state index contributed by atoms with van der Waals surface area (Å²) < 4.78 is 4.75. The summed E-state index contributed by atoms with van der Waals surface area (Å²) in [5, 5.41) is 14.6. The predicted octanol–water partition coefficient (Wildman–Crippen LogP) is 14.0. The number of rotatable bonds is 5. The first-order chi connectivity index (χ1) is 28.2. The van der Waals surface area contributed by atoms with Crippen LogP contribution in [0.5, 0.6) is 0 Å². The number of benzene rings is 7. The maximum absolute atomic E-state index is 9.82. The summed E-state index contributed by atoms with van der Waals surface area (Å²) in [7, 11) is 0. The van der Waals surface area contributed by atoms with Gasteiger partial charge in [-0.15, -0.1) is 0 Å². The second kappa shape index (κ2) is 13.5. The molecule has 0 spiro atoms. The smallest absolute Gasteiger partial charge is 0.0991 e. The minimum absolute atomic E-state index is 0.623. The summed E-state index contributed by atoms with van der Waals surface area (Å²) in [6.45, 7) is 13.2. The Balaban J connectivity index is 1.27. The van der Waals surface area contributed by atoms with Crippen molar-refractivity contribution in [3.05, 3.63) is 185 Å². The molecule has 0 unspecified atom stereocenters. The standard InChI is InChI=1S/C54H42N4/c1-32-23-34(3)52(35(4)24-32)40-19-21-48-44(27-40)42-11-7-9-13-46(42)57(48)50-30-56-31-51(54(50)39-17-15-38(29-55)16-18-39)58-47-14-10-8-12-43(47)45-28-41(20-22-49(45)58)53-36(5)25-33(2)26-37(53)6/h7-28,30-31H,1-6H3. The minimum atomic E-state index is 0.623. The normalized spacial score (nSPS) is 11.6. The molecule has 0 amide bonds. The Morgan fingerprint density at radius 2 is 0.810 bits per heavy atom. The van der Waals surface area contributed by atoms with Crippen LogP contribution < -0.4 is 0 Å². The highest BCUT2D eigenvalue weighted by molar-refractivity contribution is 6.13. The van der Waals surface area contributed by atoms with Gasteiger partial charge < -0.3 is 9.13 Å². The highest BCUT2D eigenvalue weighted by atomic mass is 15.0. The van der Waals surface area contributed by atoms with Crippen molar-refractivity contribution < 1.29 is 0 Å². The molecule has 58 heavy (non-hydrogen) atoms. The third-order valence-corrected chi connectivity index (χ3v) is 12.0. The SMILES string of the molecule is Cc1cc(C)c(-c2ccc3c(c2)c2ccccc2n3-c2cncc(-n3c4ccccc4c4cc(-c5c(C)cc(C)cc5C)ccc43)c2-c2ccc(C#N)cc2)c(C)c1. The van der Waals surface area contributed by atoms with Gasteiger partial charge in [0.1, 0.15) is 0 Å². The molecule has 0 saturated carbocycles. The third kappa shape index (κ3) is 5.46. The van der Waals surface area contributed by atoms with Crippen LogP contribution in [0.1, 0.15) is 38.9 Å². The van der Waals surface area contributed by atoms with Gasteiger partial charge in [-0.2, -0.15) is 5.26 Å². The lowest BCUT2D eigenvalue weighted by Gasteiger charge is -2.20. The van der Waals surface area contributed by atoms with Crippen LogP contribution in [0.2, 0.25) is 0 Å². The van der Waals surface area contributed by atoms with E-state index in [-0.39, 0.29) is 0 Å². The van der Waals surface area contributed by atoms with Crippen molar-refractivity contribution in [2.75, 3.05) is 0 Å². The van der Waals surface area contributed by atoms with E-state index in [9.17, 15) is 5.26 Å². The molecular formula is C54H42N4. The van der Waals surface area contributed by atoms with E-state index in [4.69, 9.17) is 4.98 Å². The van der Waals surface area contributed by atoms with Gasteiger partial charge in [0.2, 0.25) is 0 Å². The topological polar surface area (TPSA) is 46.5 Å². The lowest BCUT2D eigenvalue weighted by molar-refractivity contribution is 1.09. The Morgan fingerprint density at radius 1 is 0.414 bits per heavy atom. The Morgan fingerprint density at radius 3 is 1.24 bits per heavy atom. The van der Waals surface area contributed by atoms with Crippen LogP contribution in [-0.4, -0.2) is 14.1 Å². The van der Waals surface area contributed by atoms with E-state index in [1.165, 1.54) is 77.2 Å². The molecule has 0 aliphatic heterocycles. The van der Waals surface area contributed by atoms with Crippen LogP contribution in [0.15, 0.2) is 146 Å². The van der Waals surface area contributed by atoms with Gasteiger partial charge in [-0.25, -0.2) is 0 Å². The van der Waals surface area contributed by atoms with Crippen molar-refractivity contribution in [3.8, 4) is 50.8 Å². The number of para-hydroxylation sites is 2. The zero-order valence-electron chi connectivity index (χ0n) is 33.6. The maximum atomic E-state index is 9.82. The zero-order chi connectivity index (χ0) is 39.8. The summed E-state index contributed by atoms with van der Waals surface area (Å²) in [6.07, 6.45) is 4.00. The molecule has 0 atom stereocenters. The number of aryl methyl sites for hydroxylation is 6. The van der Waals surface area contributed by atoms with Gasteiger partial charge in [-0.1, -0.05) is 96.1 Å². The number of nitrogens with zero attached hydrogens (tertiary/aromatic N) is 4. The predicted molar refractivity (Wildman–Crippen MR) is 242 cm³/mol. The summed E-state index contributed by atoms with van der Waals surface area (Å²) in [5.41, 5.74) is 21.7. The molecule has 0 N–H and O–H groups in total. The molecule has 10 rings (SSSR count). The molecular weight excluding hydrogens is 705 g/mol. The fraction of sp³-hybridized carbons (Fsp3) is 0.111. The molecule has 4 nitrogen and oxygen atoms in total. The van der Waals surface area contributed by atoms with Crippen LogP contribution in [0.25, 0.3) is 88.4 Å². The van der Waals surface area contributed by atoms with Crippen molar-refractivity contribution in [1.29, 1.82) is 5.26 Å². The number of hydrogen-bond donors (Lipinski definition) is 0. The number of nitriles is 1. The fourth-order valence-corrected chi connectivity index (χ4v) is 9.83. The summed E-state index contributed by atoms with van der Waals surface area (Å²) in [4.78, 5) is 5.04. The summed E-state index contributed by atoms with van der Waals surface area (Å²) in [5.74, 6) is 0. The summed E-state index contributed by atoms with van der Waals surface area (Å²) in [6, 6.07) is 50.6. The lowest BCUT2D eigenvalue weighted by Crippen LogP contribution is -2.05. The van der Waals surface area contributed by atoms with Crippen molar-refractivity contribution in [3.63, 3.8) is 0 Å². The zero-order valence-corrected chi connectivity index (χ0v) is 33.6. The Labute approximate surface area is 338 Å². The van der Waals surface area contributed by atoms with Gasteiger partial charge in [0.05, 0.1) is 57.5 Å². The number of fused-ring (bicyclic) bond motifs is 6. The molecule has 10 aromatic rings. The molecule has 278 valence electrons. The largest absolute Gasteiger partial charge is 0.307 e. The second-order valence-corrected chi connectivity index (χ2v) is 16.0. The first-order valence-electron chi connectivity index (χ1n) is 19.9. The lowest BCUT2D eigenvalue weighted by atomic mass is 9.93. The average Bonchev–Trinajstić information content (AvgIpc) is 3.72. The Kier molecular flexibility index (Phi) is 8.18. The van der Waals surface area contributed by atoms with Crippen LogP contribution >= 0.6 is 0 Å². The van der Waals surface area contributed by atoms with E-state index < -0.39 is 0 Å². The first-order valence-corrected chi connectivity index (χ1v) is 19.9. The van der Waals surface area contributed by atoms with E-state index in [0.29, 0.717) is 5.56 Å². The van der Waals surface area contributed by atoms with Crippen LogP contribution in [0.4, 0.5) is 0 Å². The molecule has 0 aliphatic rings. The van der Waals surface area contributed by atoms with Gasteiger partial charge in [-0.3, -0.25) is 4.98 Å². The third-order valence-electron chi connectivity index (χ3n) is 12.0. The maximum Gasteiger partial charge on any atom is 0.0991 e. The number of pyridine rings is 1. The molecule has 0 fully saturated rings. The molecule has 4 heteroatoms. The second-order valence-electron chi connectivity index (χ2n) is 16.0. The minimum Gasteiger partial charge on any atom is -0.307 e. The first kappa shape index (κ1) is 35.2. The fourth-order valence-electron chi connectivity index (χ4n) is 9.83. The molecule has 0 bridgehead atoms. The highest BCUT2D eigenvalue weighted by Crippen LogP contribution is 2.43. The molecule has 0 aliphatic carbocycles. The number of hydrogen-bond acceptors (Lipinski definition) is 2. The molecule has 7 aromatic carbocycles. The van der Waals surface area contributed by atoms with Crippen LogP contribution in [0.3, 0.4) is 0 Å². The molecule has 3 heterocycles. The summed E-state index contributed by atoms with van der Waals surface area (Å²) >= 11 is 0. The van der Waals surface area contributed by atoms with Crippen molar-refractivity contribution in [2.45, 2.75) is 41.5 Å². The Hall–Kier alpha value is -7.22. The van der Waals surface area contributed by atoms with Crippen molar-refractivity contribution >= 4 is 43.6 Å². The highest BCUT2D eigenvalue weighted by Gasteiger charge is 2.23. The number of aromatic nitrogens is 3. The van der Waals surface area contributed by atoms with Crippen molar-refractivity contribution in [2.24, 2.45) is 0 Å². The van der Waals surface area contributed by atoms with Crippen molar-refractivity contribution in [1.82, 2.24) is 14.1 Å². The average molecular weight is 747 g/mol. The quantitative estimate of drug-likeness (QED) is 0.176. The molecule has 0 radical (unpaired) electrons. The van der Waals surface area contributed by atoms with Gasteiger partial charge in [0.15, 0.2) is 0 Å². The van der Waals surface area contributed by atoms with Gasteiger partial charge in [0.25, 0.3) is 0 Å². The molecule has 0 saturated heterocycles. The van der Waals surface area contributed by atoms with E-state index in [1.807, 2.05) is 24.5 Å². The van der Waals surface area contributed by atoms with Gasteiger partial charge >= 0.3 is 0 Å². The van der Waals surface area contributed by atoms with E-state index in [2.05, 4.69) is 178 Å². The van der Waals surface area contributed by atoms with Gasteiger partial charge in [0, 0.05) is 27.1 Å². The van der Waals surface area contributed by atoms with E-state index in [0.717, 1.165) is 44.6 Å². The van der Waals surface area contributed by atoms with Crippen LogP contribution in [0, 0.1) is 52.9 Å². The van der Waals surface area contributed by atoms with E-state index >= 15 is 0 Å². The van der Waals surface area contributed by atoms with Gasteiger partial charge in [-0.05, 0) is 140 Å². The van der Waals surface area contributed by atoms with E-state index in [1.54, 1.807) is 0 Å². The Bertz CT molecular complexity index is 3110. The van der Waals surface area contributed by atoms with Crippen LogP contribution in [-0.2, 0) is 0 Å². The molecule has 3 aromatic heterocycles.